The molecule has 0 fully saturated rings. The van der Waals surface area contributed by atoms with E-state index in [9.17, 15) is 9.59 Å². The summed E-state index contributed by atoms with van der Waals surface area (Å²) in [7, 11) is 0. The molecule has 1 aliphatic heterocycles. The standard InChI is InChI=1S/C24H23N5O2S/c30-23(26-11-5-12-29-15-17-6-1-2-8-20(17)27-29)19-16-28(24(31)21-9-4-13-32-21)14-18-7-3-10-25-22(18)19/h1-4,6-10,13,15,19H,5,11-12,14,16H2,(H,26,30). The molecule has 1 N–H and O–H groups in total. The number of nitrogens with one attached hydrogen (secondary N) is 1. The van der Waals surface area contributed by atoms with Crippen LogP contribution in [0.2, 0.25) is 0 Å². The number of thiophene rings is 1. The van der Waals surface area contributed by atoms with E-state index < -0.39 is 5.92 Å². The molecule has 8 heteroatoms. The highest BCUT2D eigenvalue weighted by atomic mass is 32.1. The zero-order valence-electron chi connectivity index (χ0n) is 17.5. The van der Waals surface area contributed by atoms with Gasteiger partial charge in [0.25, 0.3) is 5.91 Å². The van der Waals surface area contributed by atoms with E-state index in [2.05, 4.69) is 15.4 Å². The van der Waals surface area contributed by atoms with Crippen molar-refractivity contribution >= 4 is 34.1 Å². The Labute approximate surface area is 189 Å². The molecule has 3 aromatic heterocycles. The largest absolute Gasteiger partial charge is 0.355 e. The van der Waals surface area contributed by atoms with Crippen molar-refractivity contribution in [1.29, 1.82) is 0 Å². The summed E-state index contributed by atoms with van der Waals surface area (Å²) in [6.45, 7) is 2.05. The van der Waals surface area contributed by atoms with E-state index in [1.165, 1.54) is 11.3 Å². The van der Waals surface area contributed by atoms with E-state index >= 15 is 0 Å². The van der Waals surface area contributed by atoms with Crippen molar-refractivity contribution in [2.24, 2.45) is 0 Å². The number of hydrogen-bond acceptors (Lipinski definition) is 5. The molecule has 4 aromatic rings. The van der Waals surface area contributed by atoms with Gasteiger partial charge in [0.15, 0.2) is 0 Å². The average molecular weight is 446 g/mol. The molecule has 32 heavy (non-hydrogen) atoms. The number of hydrogen-bond donors (Lipinski definition) is 1. The molecule has 2 amide bonds. The lowest BCUT2D eigenvalue weighted by atomic mass is 9.93. The topological polar surface area (TPSA) is 80.1 Å². The van der Waals surface area contributed by atoms with Crippen LogP contribution in [0.1, 0.15) is 33.3 Å². The molecule has 5 rings (SSSR count). The molecule has 1 unspecified atom stereocenters. The van der Waals surface area contributed by atoms with Gasteiger partial charge in [-0.25, -0.2) is 0 Å². The van der Waals surface area contributed by atoms with Gasteiger partial charge in [-0.15, -0.1) is 11.3 Å². The lowest BCUT2D eigenvalue weighted by molar-refractivity contribution is -0.123. The number of pyridine rings is 1. The van der Waals surface area contributed by atoms with Gasteiger partial charge in [0.1, 0.15) is 0 Å². The minimum atomic E-state index is -0.476. The number of carbonyl (C=O) groups excluding carboxylic acids is 2. The molecule has 0 aliphatic carbocycles. The lowest BCUT2D eigenvalue weighted by Crippen LogP contribution is -2.44. The number of benzene rings is 1. The zero-order valence-corrected chi connectivity index (χ0v) is 18.3. The van der Waals surface area contributed by atoms with Gasteiger partial charge < -0.3 is 10.2 Å². The van der Waals surface area contributed by atoms with Crippen molar-refractivity contribution in [2.75, 3.05) is 13.1 Å². The molecule has 0 saturated carbocycles. The van der Waals surface area contributed by atoms with Gasteiger partial charge in [-0.05, 0) is 35.6 Å². The van der Waals surface area contributed by atoms with Crippen molar-refractivity contribution in [3.63, 3.8) is 0 Å². The molecule has 0 radical (unpaired) electrons. The van der Waals surface area contributed by atoms with Crippen LogP contribution >= 0.6 is 11.3 Å². The molecule has 1 aromatic carbocycles. The fourth-order valence-electron chi connectivity index (χ4n) is 4.10. The first-order chi connectivity index (χ1) is 15.7. The Kier molecular flexibility index (Phi) is 5.68. The smallest absolute Gasteiger partial charge is 0.264 e. The number of fused-ring (bicyclic) bond motifs is 2. The summed E-state index contributed by atoms with van der Waals surface area (Å²) in [4.78, 5) is 32.9. The quantitative estimate of drug-likeness (QED) is 0.461. The van der Waals surface area contributed by atoms with Crippen LogP contribution in [0.4, 0.5) is 0 Å². The monoisotopic (exact) mass is 445 g/mol. The fourth-order valence-corrected chi connectivity index (χ4v) is 4.79. The van der Waals surface area contributed by atoms with Gasteiger partial charge in [0.2, 0.25) is 5.91 Å². The summed E-state index contributed by atoms with van der Waals surface area (Å²) >= 11 is 1.42. The normalized spacial score (nSPS) is 15.5. The van der Waals surface area contributed by atoms with E-state index in [1.807, 2.05) is 64.8 Å². The predicted molar refractivity (Wildman–Crippen MR) is 123 cm³/mol. The second kappa shape index (κ2) is 8.92. The molecule has 4 heterocycles. The summed E-state index contributed by atoms with van der Waals surface area (Å²) in [6, 6.07) is 15.5. The Morgan fingerprint density at radius 3 is 2.88 bits per heavy atom. The van der Waals surface area contributed by atoms with Gasteiger partial charge in [-0.2, -0.15) is 5.10 Å². The molecular weight excluding hydrogens is 422 g/mol. The predicted octanol–water partition coefficient (Wildman–Crippen LogP) is 3.44. The number of rotatable bonds is 6. The Bertz CT molecular complexity index is 1220. The van der Waals surface area contributed by atoms with Crippen molar-refractivity contribution < 1.29 is 9.59 Å². The maximum Gasteiger partial charge on any atom is 0.264 e. The van der Waals surface area contributed by atoms with Gasteiger partial charge >= 0.3 is 0 Å². The van der Waals surface area contributed by atoms with Crippen molar-refractivity contribution in [3.8, 4) is 0 Å². The molecule has 1 atom stereocenters. The Balaban J connectivity index is 1.23. The first kappa shape index (κ1) is 20.4. The maximum absolute atomic E-state index is 13.1. The Morgan fingerprint density at radius 1 is 1.12 bits per heavy atom. The van der Waals surface area contributed by atoms with Crippen molar-refractivity contribution in [2.45, 2.75) is 25.4 Å². The number of carbonyl (C=O) groups is 2. The summed E-state index contributed by atoms with van der Waals surface area (Å²) in [5.41, 5.74) is 2.66. The van der Waals surface area contributed by atoms with Gasteiger partial charge in [-0.3, -0.25) is 19.3 Å². The molecule has 0 bridgehead atoms. The van der Waals surface area contributed by atoms with Gasteiger partial charge in [0, 0.05) is 44.0 Å². The second-order valence-corrected chi connectivity index (χ2v) is 8.81. The average Bonchev–Trinajstić information content (AvgIpc) is 3.50. The van der Waals surface area contributed by atoms with Crippen LogP contribution in [0.3, 0.4) is 0 Å². The van der Waals surface area contributed by atoms with Crippen LogP contribution in [0, 0.1) is 0 Å². The highest BCUT2D eigenvalue weighted by Crippen LogP contribution is 2.28. The third kappa shape index (κ3) is 4.13. The van der Waals surface area contributed by atoms with E-state index in [-0.39, 0.29) is 11.8 Å². The van der Waals surface area contributed by atoms with Crippen molar-refractivity contribution in [3.05, 3.63) is 82.4 Å². The summed E-state index contributed by atoms with van der Waals surface area (Å²) in [5.74, 6) is -0.617. The lowest BCUT2D eigenvalue weighted by Gasteiger charge is -2.33. The second-order valence-electron chi connectivity index (χ2n) is 7.86. The molecular formula is C24H23N5O2S. The maximum atomic E-state index is 13.1. The Hall–Kier alpha value is -3.52. The minimum Gasteiger partial charge on any atom is -0.355 e. The summed E-state index contributed by atoms with van der Waals surface area (Å²) in [6.07, 6.45) is 4.49. The number of nitrogens with zero attached hydrogens (tertiary/aromatic N) is 4. The molecule has 1 aliphatic rings. The van der Waals surface area contributed by atoms with E-state index in [0.29, 0.717) is 24.5 Å². The van der Waals surface area contributed by atoms with Crippen LogP contribution < -0.4 is 5.32 Å². The van der Waals surface area contributed by atoms with Gasteiger partial charge in [-0.1, -0.05) is 30.3 Å². The summed E-state index contributed by atoms with van der Waals surface area (Å²) < 4.78 is 1.91. The SMILES string of the molecule is O=C(NCCCn1cc2ccccc2n1)C1CN(C(=O)c2cccs2)Cc2cccnc21. The van der Waals surface area contributed by atoms with Gasteiger partial charge in [0.05, 0.1) is 22.0 Å². The molecule has 7 nitrogen and oxygen atoms in total. The van der Waals surface area contributed by atoms with E-state index in [4.69, 9.17) is 0 Å². The third-order valence-electron chi connectivity index (χ3n) is 5.68. The highest BCUT2D eigenvalue weighted by molar-refractivity contribution is 7.12. The molecule has 0 spiro atoms. The van der Waals surface area contributed by atoms with Crippen LogP contribution in [0.5, 0.6) is 0 Å². The minimum absolute atomic E-state index is 0.0435. The van der Waals surface area contributed by atoms with E-state index in [1.54, 1.807) is 11.1 Å². The number of amides is 2. The molecule has 162 valence electrons. The first-order valence-electron chi connectivity index (χ1n) is 10.7. The fraction of sp³-hybridized carbons (Fsp3) is 0.250. The number of aryl methyl sites for hydroxylation is 1. The van der Waals surface area contributed by atoms with Crippen LogP contribution in [-0.4, -0.2) is 44.6 Å². The van der Waals surface area contributed by atoms with Crippen LogP contribution in [-0.2, 0) is 17.9 Å². The first-order valence-corrected chi connectivity index (χ1v) is 11.5. The summed E-state index contributed by atoms with van der Waals surface area (Å²) in [5, 5.41) is 10.6. The van der Waals surface area contributed by atoms with E-state index in [0.717, 1.165) is 35.1 Å². The zero-order chi connectivity index (χ0) is 21.9. The number of aromatic nitrogens is 3. The van der Waals surface area contributed by atoms with Crippen LogP contribution in [0.25, 0.3) is 10.9 Å². The Morgan fingerprint density at radius 2 is 2.03 bits per heavy atom. The highest BCUT2D eigenvalue weighted by Gasteiger charge is 2.34. The molecule has 0 saturated heterocycles. The third-order valence-corrected chi connectivity index (χ3v) is 6.54. The van der Waals surface area contributed by atoms with Crippen molar-refractivity contribution in [1.82, 2.24) is 25.0 Å². The van der Waals surface area contributed by atoms with Crippen LogP contribution in [0.15, 0.2) is 66.3 Å².